The molecule has 2 atom stereocenters. The highest BCUT2D eigenvalue weighted by molar-refractivity contribution is 7.99. The van der Waals surface area contributed by atoms with Gasteiger partial charge in [0.05, 0.1) is 12.1 Å². The van der Waals surface area contributed by atoms with E-state index in [-0.39, 0.29) is 5.92 Å². The van der Waals surface area contributed by atoms with E-state index in [0.29, 0.717) is 23.5 Å². The van der Waals surface area contributed by atoms with Crippen LogP contribution in [0, 0.1) is 0 Å². The number of hydrogen-bond donors (Lipinski definition) is 1. The molecule has 1 saturated heterocycles. The number of nitrogens with one attached hydrogen (secondary N) is 1. The number of thioether (sulfide) groups is 1. The number of hydrogen-bond acceptors (Lipinski definition) is 7. The van der Waals surface area contributed by atoms with E-state index in [1.165, 1.54) is 0 Å². The van der Waals surface area contributed by atoms with Crippen LogP contribution >= 0.6 is 11.8 Å². The van der Waals surface area contributed by atoms with Gasteiger partial charge in [0, 0.05) is 29.9 Å². The summed E-state index contributed by atoms with van der Waals surface area (Å²) in [4.78, 5) is 12.6. The van der Waals surface area contributed by atoms with Crippen LogP contribution < -0.4 is 5.32 Å². The van der Waals surface area contributed by atoms with Crippen LogP contribution in [0.25, 0.3) is 11.5 Å². The first-order valence-corrected chi connectivity index (χ1v) is 7.45. The molecule has 2 unspecified atom stereocenters. The van der Waals surface area contributed by atoms with Gasteiger partial charge in [-0.2, -0.15) is 16.7 Å². The summed E-state index contributed by atoms with van der Waals surface area (Å²) in [6.07, 6.45) is 4.89. The summed E-state index contributed by atoms with van der Waals surface area (Å²) < 4.78 is 5.40. The second-order valence-electron chi connectivity index (χ2n) is 4.35. The molecule has 3 heterocycles. The van der Waals surface area contributed by atoms with Crippen molar-refractivity contribution in [1.29, 1.82) is 0 Å². The van der Waals surface area contributed by atoms with Crippen LogP contribution in [0.4, 0.5) is 0 Å². The van der Waals surface area contributed by atoms with Gasteiger partial charge in [-0.05, 0) is 6.54 Å². The van der Waals surface area contributed by atoms with Crippen LogP contribution in [0.3, 0.4) is 0 Å². The third-order valence-electron chi connectivity index (χ3n) is 3.10. The van der Waals surface area contributed by atoms with Crippen LogP contribution in [0.1, 0.15) is 18.7 Å². The quantitative estimate of drug-likeness (QED) is 0.903. The Labute approximate surface area is 115 Å². The summed E-state index contributed by atoms with van der Waals surface area (Å²) in [6.45, 7) is 3.06. The molecule has 0 bridgehead atoms. The standard InChI is InChI=1S/C12H15N5OS/c1-2-14-10-7-19-6-8(10)12-16-11(17-18-12)9-5-13-3-4-15-9/h3-5,8,10,14H,2,6-7H2,1H3. The monoisotopic (exact) mass is 277 g/mol. The van der Waals surface area contributed by atoms with E-state index in [4.69, 9.17) is 4.52 Å². The van der Waals surface area contributed by atoms with Gasteiger partial charge in [-0.25, -0.2) is 4.98 Å². The Kier molecular flexibility index (Phi) is 3.74. The summed E-state index contributed by atoms with van der Waals surface area (Å²) in [5, 5.41) is 7.47. The fraction of sp³-hybridized carbons (Fsp3) is 0.500. The first-order valence-electron chi connectivity index (χ1n) is 6.29. The molecule has 0 aliphatic carbocycles. The van der Waals surface area contributed by atoms with Crippen LogP contribution in [0.15, 0.2) is 23.1 Å². The third kappa shape index (κ3) is 2.62. The molecule has 2 aromatic heterocycles. The summed E-state index contributed by atoms with van der Waals surface area (Å²) in [6, 6.07) is 0.408. The molecular formula is C12H15N5OS. The highest BCUT2D eigenvalue weighted by Gasteiger charge is 2.33. The number of likely N-dealkylation sites (N-methyl/N-ethyl adjacent to an activating group) is 1. The third-order valence-corrected chi connectivity index (χ3v) is 4.29. The maximum atomic E-state index is 5.40. The normalized spacial score (nSPS) is 22.8. The van der Waals surface area contributed by atoms with E-state index >= 15 is 0 Å². The fourth-order valence-corrected chi connectivity index (χ4v) is 3.53. The molecule has 1 fully saturated rings. The molecule has 1 N–H and O–H groups in total. The van der Waals surface area contributed by atoms with Gasteiger partial charge in [-0.15, -0.1) is 0 Å². The average molecular weight is 277 g/mol. The maximum absolute atomic E-state index is 5.40. The van der Waals surface area contributed by atoms with Crippen molar-refractivity contribution in [3.05, 3.63) is 24.5 Å². The minimum Gasteiger partial charge on any atom is -0.339 e. The maximum Gasteiger partial charge on any atom is 0.232 e. The molecule has 0 radical (unpaired) electrons. The van der Waals surface area contributed by atoms with Crippen LogP contribution in [0.5, 0.6) is 0 Å². The summed E-state index contributed by atoms with van der Waals surface area (Å²) in [7, 11) is 0. The molecule has 0 amide bonds. The van der Waals surface area contributed by atoms with E-state index < -0.39 is 0 Å². The lowest BCUT2D eigenvalue weighted by molar-refractivity contribution is 0.340. The second kappa shape index (κ2) is 5.66. The molecule has 100 valence electrons. The van der Waals surface area contributed by atoms with Crippen LogP contribution in [-0.2, 0) is 0 Å². The van der Waals surface area contributed by atoms with Gasteiger partial charge in [0.1, 0.15) is 5.69 Å². The van der Waals surface area contributed by atoms with Crippen LogP contribution in [0.2, 0.25) is 0 Å². The summed E-state index contributed by atoms with van der Waals surface area (Å²) >= 11 is 1.91. The summed E-state index contributed by atoms with van der Waals surface area (Å²) in [5.41, 5.74) is 0.642. The van der Waals surface area contributed by atoms with Crippen molar-refractivity contribution in [3.63, 3.8) is 0 Å². The number of aromatic nitrogens is 4. The topological polar surface area (TPSA) is 76.7 Å². The Bertz CT molecular complexity index is 532. The molecule has 2 aromatic rings. The van der Waals surface area contributed by atoms with E-state index in [0.717, 1.165) is 18.1 Å². The Hall–Kier alpha value is -1.47. The summed E-state index contributed by atoms with van der Waals surface area (Å²) in [5.74, 6) is 3.58. The predicted octanol–water partition coefficient (Wildman–Crippen LogP) is 1.34. The zero-order chi connectivity index (χ0) is 13.1. The Morgan fingerprint density at radius 3 is 3.16 bits per heavy atom. The lowest BCUT2D eigenvalue weighted by Crippen LogP contribution is -2.34. The Morgan fingerprint density at radius 2 is 2.37 bits per heavy atom. The minimum absolute atomic E-state index is 0.280. The molecule has 0 spiro atoms. The molecular weight excluding hydrogens is 262 g/mol. The van der Waals surface area contributed by atoms with Gasteiger partial charge in [0.15, 0.2) is 0 Å². The molecule has 1 aliphatic heterocycles. The lowest BCUT2D eigenvalue weighted by atomic mass is 10.0. The average Bonchev–Trinajstić information content (AvgIpc) is 3.08. The van der Waals surface area contributed by atoms with Crippen molar-refractivity contribution < 1.29 is 4.52 Å². The van der Waals surface area contributed by atoms with Gasteiger partial charge < -0.3 is 9.84 Å². The van der Waals surface area contributed by atoms with Gasteiger partial charge in [0.25, 0.3) is 0 Å². The van der Waals surface area contributed by atoms with Crippen molar-refractivity contribution in [2.45, 2.75) is 18.9 Å². The zero-order valence-corrected chi connectivity index (χ0v) is 11.4. The van der Waals surface area contributed by atoms with E-state index in [2.05, 4.69) is 32.3 Å². The van der Waals surface area contributed by atoms with Crippen molar-refractivity contribution in [1.82, 2.24) is 25.4 Å². The van der Waals surface area contributed by atoms with Crippen molar-refractivity contribution >= 4 is 11.8 Å². The molecule has 6 nitrogen and oxygen atoms in total. The molecule has 3 rings (SSSR count). The SMILES string of the molecule is CCNC1CSCC1c1nc(-c2cnccn2)no1. The molecule has 19 heavy (non-hydrogen) atoms. The van der Waals surface area contributed by atoms with E-state index in [9.17, 15) is 0 Å². The first-order chi connectivity index (χ1) is 9.38. The Balaban J connectivity index is 1.81. The van der Waals surface area contributed by atoms with Gasteiger partial charge in [-0.1, -0.05) is 12.1 Å². The van der Waals surface area contributed by atoms with Crippen LogP contribution in [-0.4, -0.2) is 44.2 Å². The van der Waals surface area contributed by atoms with E-state index in [1.807, 2.05) is 11.8 Å². The minimum atomic E-state index is 0.280. The highest BCUT2D eigenvalue weighted by atomic mass is 32.2. The number of rotatable bonds is 4. The van der Waals surface area contributed by atoms with Crippen molar-refractivity contribution in [2.24, 2.45) is 0 Å². The zero-order valence-electron chi connectivity index (χ0n) is 10.6. The Morgan fingerprint density at radius 1 is 1.42 bits per heavy atom. The largest absolute Gasteiger partial charge is 0.339 e. The smallest absolute Gasteiger partial charge is 0.232 e. The highest BCUT2D eigenvalue weighted by Crippen LogP contribution is 2.32. The molecule has 1 aliphatic rings. The van der Waals surface area contributed by atoms with Crippen molar-refractivity contribution in [2.75, 3.05) is 18.1 Å². The van der Waals surface area contributed by atoms with Gasteiger partial charge in [-0.3, -0.25) is 4.98 Å². The molecule has 0 saturated carbocycles. The molecule has 0 aromatic carbocycles. The second-order valence-corrected chi connectivity index (χ2v) is 5.43. The van der Waals surface area contributed by atoms with Gasteiger partial charge >= 0.3 is 0 Å². The number of nitrogens with zero attached hydrogens (tertiary/aromatic N) is 4. The fourth-order valence-electron chi connectivity index (χ4n) is 2.17. The van der Waals surface area contributed by atoms with Crippen molar-refractivity contribution in [3.8, 4) is 11.5 Å². The lowest BCUT2D eigenvalue weighted by Gasteiger charge is -2.15. The first kappa shape index (κ1) is 12.6. The molecule has 7 heteroatoms. The predicted molar refractivity (Wildman–Crippen MR) is 72.9 cm³/mol. The van der Waals surface area contributed by atoms with E-state index in [1.54, 1.807) is 18.6 Å². The van der Waals surface area contributed by atoms with Gasteiger partial charge in [0.2, 0.25) is 11.7 Å².